The molecule has 0 aliphatic rings. The van der Waals surface area contributed by atoms with Gasteiger partial charge in [0.15, 0.2) is 4.60 Å². The number of pyridine rings is 1. The maximum Gasteiger partial charge on any atom is 0.158 e. The molecule has 0 aliphatic heterocycles. The summed E-state index contributed by atoms with van der Waals surface area (Å²) in [6, 6.07) is 18.1. The molecule has 0 atom stereocenters. The first-order valence-electron chi connectivity index (χ1n) is 6.92. The first kappa shape index (κ1) is 13.3. The molecule has 108 valence electrons. The van der Waals surface area contributed by atoms with Crippen molar-refractivity contribution in [3.05, 3.63) is 71.0 Å². The van der Waals surface area contributed by atoms with Crippen LogP contribution >= 0.6 is 15.9 Å². The molecule has 0 saturated heterocycles. The Balaban J connectivity index is 1.81. The SMILES string of the molecule is Brc1nn(OCc2ccccc2)c2c1ncc1ccccc12. The number of rotatable bonds is 3. The summed E-state index contributed by atoms with van der Waals surface area (Å²) >= 11 is 3.46. The summed E-state index contributed by atoms with van der Waals surface area (Å²) in [6.45, 7) is 0.452. The smallest absolute Gasteiger partial charge is 0.158 e. The molecule has 2 aromatic heterocycles. The highest BCUT2D eigenvalue weighted by molar-refractivity contribution is 9.10. The predicted molar refractivity (Wildman–Crippen MR) is 89.5 cm³/mol. The number of aromatic nitrogens is 3. The molecular weight excluding hydrogens is 342 g/mol. The van der Waals surface area contributed by atoms with Crippen molar-refractivity contribution in [2.75, 3.05) is 0 Å². The van der Waals surface area contributed by atoms with Crippen LogP contribution in [0.1, 0.15) is 5.56 Å². The molecule has 0 N–H and O–H groups in total. The Labute approximate surface area is 135 Å². The van der Waals surface area contributed by atoms with Crippen LogP contribution in [0.2, 0.25) is 0 Å². The average Bonchev–Trinajstić information content (AvgIpc) is 2.90. The van der Waals surface area contributed by atoms with Gasteiger partial charge >= 0.3 is 0 Å². The van der Waals surface area contributed by atoms with Gasteiger partial charge in [-0.15, -0.1) is 5.10 Å². The monoisotopic (exact) mass is 353 g/mol. The molecule has 0 aliphatic carbocycles. The second-order valence-electron chi connectivity index (χ2n) is 4.97. The third-order valence-electron chi connectivity index (χ3n) is 3.53. The average molecular weight is 354 g/mol. The van der Waals surface area contributed by atoms with Crippen molar-refractivity contribution < 1.29 is 4.84 Å². The summed E-state index contributed by atoms with van der Waals surface area (Å²) in [5.41, 5.74) is 2.77. The first-order valence-corrected chi connectivity index (χ1v) is 7.71. The third kappa shape index (κ3) is 2.23. The fraction of sp³-hybridized carbons (Fsp3) is 0.0588. The Bertz CT molecular complexity index is 950. The van der Waals surface area contributed by atoms with Crippen LogP contribution in [0.25, 0.3) is 21.8 Å². The van der Waals surface area contributed by atoms with E-state index >= 15 is 0 Å². The number of halogens is 1. The van der Waals surface area contributed by atoms with Gasteiger partial charge in [-0.2, -0.15) is 0 Å². The van der Waals surface area contributed by atoms with E-state index in [9.17, 15) is 0 Å². The van der Waals surface area contributed by atoms with E-state index in [1.54, 1.807) is 4.85 Å². The highest BCUT2D eigenvalue weighted by Crippen LogP contribution is 2.27. The lowest BCUT2D eigenvalue weighted by molar-refractivity contribution is 0.0792. The van der Waals surface area contributed by atoms with Gasteiger partial charge in [0, 0.05) is 17.0 Å². The van der Waals surface area contributed by atoms with E-state index in [1.807, 2.05) is 54.7 Å². The van der Waals surface area contributed by atoms with E-state index < -0.39 is 0 Å². The quantitative estimate of drug-likeness (QED) is 0.559. The van der Waals surface area contributed by atoms with Crippen LogP contribution in [-0.2, 0) is 6.61 Å². The molecule has 0 radical (unpaired) electrons. The van der Waals surface area contributed by atoms with Crippen molar-refractivity contribution in [3.8, 4) is 0 Å². The highest BCUT2D eigenvalue weighted by atomic mass is 79.9. The van der Waals surface area contributed by atoms with Gasteiger partial charge in [-0.05, 0) is 21.5 Å². The van der Waals surface area contributed by atoms with Gasteiger partial charge in [0.1, 0.15) is 17.6 Å². The normalized spacial score (nSPS) is 11.1. The lowest BCUT2D eigenvalue weighted by atomic mass is 10.1. The van der Waals surface area contributed by atoms with E-state index in [4.69, 9.17) is 4.84 Å². The number of hydrogen-bond donors (Lipinski definition) is 0. The molecule has 5 heteroatoms. The summed E-state index contributed by atoms with van der Waals surface area (Å²) < 4.78 is 0.682. The molecule has 4 rings (SSSR count). The second kappa shape index (κ2) is 5.42. The molecule has 4 aromatic rings. The van der Waals surface area contributed by atoms with Crippen LogP contribution in [-0.4, -0.2) is 14.9 Å². The number of nitrogens with zero attached hydrogens (tertiary/aromatic N) is 3. The molecule has 2 aromatic carbocycles. The summed E-state index contributed by atoms with van der Waals surface area (Å²) in [4.78, 5) is 11.9. The fourth-order valence-corrected chi connectivity index (χ4v) is 2.91. The molecule has 0 spiro atoms. The summed E-state index contributed by atoms with van der Waals surface area (Å²) in [5.74, 6) is 0. The molecule has 0 unspecified atom stereocenters. The Hall–Kier alpha value is -2.40. The largest absolute Gasteiger partial charge is 0.391 e. The van der Waals surface area contributed by atoms with E-state index in [1.165, 1.54) is 0 Å². The van der Waals surface area contributed by atoms with Gasteiger partial charge in [-0.3, -0.25) is 4.98 Å². The van der Waals surface area contributed by atoms with Crippen LogP contribution in [0.4, 0.5) is 0 Å². The van der Waals surface area contributed by atoms with Gasteiger partial charge in [-0.1, -0.05) is 59.4 Å². The third-order valence-corrected chi connectivity index (χ3v) is 4.07. The molecule has 0 bridgehead atoms. The minimum absolute atomic E-state index is 0.452. The maximum absolute atomic E-state index is 5.87. The van der Waals surface area contributed by atoms with Crippen molar-refractivity contribution in [1.29, 1.82) is 0 Å². The zero-order valence-electron chi connectivity index (χ0n) is 11.6. The molecule has 2 heterocycles. The van der Waals surface area contributed by atoms with E-state index in [2.05, 4.69) is 32.1 Å². The second-order valence-corrected chi connectivity index (χ2v) is 5.72. The lowest BCUT2D eigenvalue weighted by Gasteiger charge is -2.07. The topological polar surface area (TPSA) is 39.9 Å². The summed E-state index contributed by atoms with van der Waals surface area (Å²) in [6.07, 6.45) is 1.85. The van der Waals surface area contributed by atoms with Gasteiger partial charge in [-0.25, -0.2) is 0 Å². The van der Waals surface area contributed by atoms with Gasteiger partial charge in [0.05, 0.1) is 0 Å². The minimum Gasteiger partial charge on any atom is -0.391 e. The summed E-state index contributed by atoms with van der Waals surface area (Å²) in [7, 11) is 0. The van der Waals surface area contributed by atoms with Crippen molar-refractivity contribution in [3.63, 3.8) is 0 Å². The molecular formula is C17H12BrN3O. The molecule has 0 saturated carbocycles. The van der Waals surface area contributed by atoms with E-state index in [0.717, 1.165) is 27.4 Å². The molecule has 4 nitrogen and oxygen atoms in total. The Morgan fingerprint density at radius 2 is 1.77 bits per heavy atom. The Morgan fingerprint density at radius 3 is 2.64 bits per heavy atom. The molecule has 0 amide bonds. The van der Waals surface area contributed by atoms with Crippen molar-refractivity contribution in [2.45, 2.75) is 6.61 Å². The van der Waals surface area contributed by atoms with Crippen molar-refractivity contribution in [2.24, 2.45) is 0 Å². The van der Waals surface area contributed by atoms with Crippen LogP contribution in [0.15, 0.2) is 65.4 Å². The van der Waals surface area contributed by atoms with Crippen molar-refractivity contribution in [1.82, 2.24) is 14.9 Å². The van der Waals surface area contributed by atoms with Gasteiger partial charge in [0.2, 0.25) is 0 Å². The van der Waals surface area contributed by atoms with E-state index in [0.29, 0.717) is 11.2 Å². The van der Waals surface area contributed by atoms with Crippen LogP contribution in [0.3, 0.4) is 0 Å². The first-order chi connectivity index (χ1) is 10.8. The lowest BCUT2D eigenvalue weighted by Crippen LogP contribution is -2.12. The fourth-order valence-electron chi connectivity index (χ4n) is 2.47. The minimum atomic E-state index is 0.452. The predicted octanol–water partition coefficient (Wildman–Crippen LogP) is 3.98. The van der Waals surface area contributed by atoms with Crippen LogP contribution in [0, 0.1) is 0 Å². The maximum atomic E-state index is 5.87. The zero-order chi connectivity index (χ0) is 14.9. The van der Waals surface area contributed by atoms with E-state index in [-0.39, 0.29) is 0 Å². The van der Waals surface area contributed by atoms with Gasteiger partial charge < -0.3 is 4.84 Å². The number of hydrogen-bond acceptors (Lipinski definition) is 3. The zero-order valence-corrected chi connectivity index (χ0v) is 13.2. The number of benzene rings is 2. The summed E-state index contributed by atoms with van der Waals surface area (Å²) in [5, 5.41) is 6.53. The van der Waals surface area contributed by atoms with Crippen LogP contribution < -0.4 is 4.84 Å². The Morgan fingerprint density at radius 1 is 1.00 bits per heavy atom. The Kier molecular flexibility index (Phi) is 3.27. The van der Waals surface area contributed by atoms with Gasteiger partial charge in [0.25, 0.3) is 0 Å². The standard InChI is InChI=1S/C17H12BrN3O/c18-17-15-16(14-9-5-4-8-13(14)10-19-15)21(20-17)22-11-12-6-2-1-3-7-12/h1-10H,11H2. The van der Waals surface area contributed by atoms with Crippen LogP contribution in [0.5, 0.6) is 0 Å². The van der Waals surface area contributed by atoms with Crippen molar-refractivity contribution >= 4 is 37.7 Å². The molecule has 0 fully saturated rings. The number of fused-ring (bicyclic) bond motifs is 3. The molecule has 22 heavy (non-hydrogen) atoms. The highest BCUT2D eigenvalue weighted by Gasteiger charge is 2.14.